The zero-order chi connectivity index (χ0) is 16.6. The van der Waals surface area contributed by atoms with Gasteiger partial charge >= 0.3 is 6.18 Å². The zero-order valence-electron chi connectivity index (χ0n) is 11.8. The van der Waals surface area contributed by atoms with Gasteiger partial charge in [0.1, 0.15) is 0 Å². The molecule has 0 aliphatic heterocycles. The van der Waals surface area contributed by atoms with Gasteiger partial charge in [-0.1, -0.05) is 0 Å². The van der Waals surface area contributed by atoms with E-state index in [9.17, 15) is 18.0 Å². The number of pyridine rings is 1. The molecule has 0 aliphatic rings. The van der Waals surface area contributed by atoms with Gasteiger partial charge in [-0.2, -0.15) is 13.2 Å². The number of aryl methyl sites for hydroxylation is 1. The number of hydrogen-bond acceptors (Lipinski definition) is 5. The van der Waals surface area contributed by atoms with Crippen molar-refractivity contribution in [2.45, 2.75) is 23.9 Å². The molecule has 4 nitrogen and oxygen atoms in total. The lowest BCUT2D eigenvalue weighted by molar-refractivity contribution is -0.137. The van der Waals surface area contributed by atoms with Crippen LogP contribution in [0.5, 0.6) is 0 Å². The van der Waals surface area contributed by atoms with E-state index < -0.39 is 11.7 Å². The third kappa shape index (κ3) is 3.40. The lowest BCUT2D eigenvalue weighted by atomic mass is 10.3. The van der Waals surface area contributed by atoms with Crippen molar-refractivity contribution < 1.29 is 13.2 Å². The second-order valence-electron chi connectivity index (χ2n) is 4.75. The van der Waals surface area contributed by atoms with Gasteiger partial charge in [-0.25, -0.2) is 9.97 Å². The number of halogens is 3. The van der Waals surface area contributed by atoms with Gasteiger partial charge in [0.15, 0.2) is 4.96 Å². The number of thiazole rings is 1. The molecule has 0 saturated carbocycles. The van der Waals surface area contributed by atoms with Crippen molar-refractivity contribution in [2.24, 2.45) is 0 Å². The smallest absolute Gasteiger partial charge is 0.269 e. The minimum absolute atomic E-state index is 0.162. The van der Waals surface area contributed by atoms with Crippen LogP contribution in [0.25, 0.3) is 4.96 Å². The molecule has 3 heterocycles. The van der Waals surface area contributed by atoms with Crippen molar-refractivity contribution in [1.29, 1.82) is 0 Å². The van der Waals surface area contributed by atoms with Gasteiger partial charge in [-0.15, -0.1) is 23.1 Å². The number of alkyl halides is 3. The van der Waals surface area contributed by atoms with E-state index in [2.05, 4.69) is 9.97 Å². The molecular weight excluding hydrogens is 347 g/mol. The van der Waals surface area contributed by atoms with E-state index in [-0.39, 0.29) is 5.56 Å². The lowest BCUT2D eigenvalue weighted by Gasteiger charge is -2.06. The molecule has 0 aliphatic carbocycles. The lowest BCUT2D eigenvalue weighted by Crippen LogP contribution is -2.14. The SMILES string of the molecule is Cc1csc2nc(CSc3ccc(C(F)(F)F)cn3)cc(=O)n12. The van der Waals surface area contributed by atoms with E-state index in [0.717, 1.165) is 18.0 Å². The Bertz CT molecular complexity index is 900. The molecule has 120 valence electrons. The molecule has 3 rings (SSSR count). The fourth-order valence-electron chi connectivity index (χ4n) is 1.96. The maximum atomic E-state index is 12.5. The molecule has 0 atom stereocenters. The fourth-order valence-corrected chi connectivity index (χ4v) is 3.58. The van der Waals surface area contributed by atoms with Gasteiger partial charge < -0.3 is 0 Å². The molecule has 23 heavy (non-hydrogen) atoms. The summed E-state index contributed by atoms with van der Waals surface area (Å²) in [5.74, 6) is 0.362. The van der Waals surface area contributed by atoms with Crippen LogP contribution in [0, 0.1) is 6.92 Å². The molecule has 0 amide bonds. The van der Waals surface area contributed by atoms with Gasteiger partial charge in [-0.05, 0) is 19.1 Å². The Kier molecular flexibility index (Phi) is 4.15. The highest BCUT2D eigenvalue weighted by Gasteiger charge is 2.30. The molecule has 0 radical (unpaired) electrons. The van der Waals surface area contributed by atoms with Crippen LogP contribution >= 0.6 is 23.1 Å². The van der Waals surface area contributed by atoms with E-state index in [0.29, 0.717) is 21.4 Å². The second kappa shape index (κ2) is 5.97. The molecule has 3 aromatic rings. The van der Waals surface area contributed by atoms with Crippen LogP contribution in [0.2, 0.25) is 0 Å². The van der Waals surface area contributed by atoms with Crippen LogP contribution in [-0.4, -0.2) is 14.4 Å². The first-order chi connectivity index (χ1) is 10.8. The van der Waals surface area contributed by atoms with Crippen molar-refractivity contribution >= 4 is 28.1 Å². The molecule has 0 saturated heterocycles. The predicted molar refractivity (Wildman–Crippen MR) is 82.9 cm³/mol. The molecule has 0 aromatic carbocycles. The van der Waals surface area contributed by atoms with E-state index in [1.807, 2.05) is 12.3 Å². The Balaban J connectivity index is 1.77. The summed E-state index contributed by atoms with van der Waals surface area (Å²) in [5.41, 5.74) is 0.452. The monoisotopic (exact) mass is 357 g/mol. The average molecular weight is 357 g/mol. The largest absolute Gasteiger partial charge is 0.417 e. The van der Waals surface area contributed by atoms with Gasteiger partial charge in [0.05, 0.1) is 16.3 Å². The quantitative estimate of drug-likeness (QED) is 0.670. The molecule has 0 bridgehead atoms. The number of fused-ring (bicyclic) bond motifs is 1. The maximum absolute atomic E-state index is 12.5. The van der Waals surface area contributed by atoms with Gasteiger partial charge in [0.2, 0.25) is 0 Å². The summed E-state index contributed by atoms with van der Waals surface area (Å²) < 4.78 is 38.9. The number of thioether (sulfide) groups is 1. The first kappa shape index (κ1) is 16.0. The number of rotatable bonds is 3. The molecule has 9 heteroatoms. The molecule has 0 N–H and O–H groups in total. The summed E-state index contributed by atoms with van der Waals surface area (Å²) in [6.07, 6.45) is -3.59. The molecular formula is C14H10F3N3OS2. The Morgan fingerprint density at radius 1 is 1.35 bits per heavy atom. The predicted octanol–water partition coefficient (Wildman–Crippen LogP) is 3.77. The molecule has 0 spiro atoms. The molecule has 0 fully saturated rings. The highest BCUT2D eigenvalue weighted by molar-refractivity contribution is 7.98. The van der Waals surface area contributed by atoms with Crippen LogP contribution in [0.15, 0.2) is 39.6 Å². The normalized spacial score (nSPS) is 12.0. The number of nitrogens with zero attached hydrogens (tertiary/aromatic N) is 3. The highest BCUT2D eigenvalue weighted by atomic mass is 32.2. The number of hydrogen-bond donors (Lipinski definition) is 0. The van der Waals surface area contributed by atoms with Crippen molar-refractivity contribution in [3.05, 3.63) is 57.1 Å². The second-order valence-corrected chi connectivity index (χ2v) is 6.58. The minimum Gasteiger partial charge on any atom is -0.269 e. The number of aromatic nitrogens is 3. The Labute approximate surface area is 137 Å². The third-order valence-corrected chi connectivity index (χ3v) is 4.98. The highest BCUT2D eigenvalue weighted by Crippen LogP contribution is 2.30. The Hall–Kier alpha value is -1.87. The summed E-state index contributed by atoms with van der Waals surface area (Å²) in [4.78, 5) is 20.8. The van der Waals surface area contributed by atoms with Crippen LogP contribution in [0.3, 0.4) is 0 Å². The topological polar surface area (TPSA) is 47.3 Å². The molecule has 0 unspecified atom stereocenters. The van der Waals surface area contributed by atoms with E-state index in [1.54, 1.807) is 0 Å². The van der Waals surface area contributed by atoms with Crippen LogP contribution < -0.4 is 5.56 Å². The fraction of sp³-hybridized carbons (Fsp3) is 0.214. The summed E-state index contributed by atoms with van der Waals surface area (Å²) in [5, 5.41) is 2.29. The summed E-state index contributed by atoms with van der Waals surface area (Å²) in [6.45, 7) is 1.83. The van der Waals surface area contributed by atoms with Crippen LogP contribution in [0.1, 0.15) is 17.0 Å². The summed E-state index contributed by atoms with van der Waals surface area (Å²) in [7, 11) is 0. The van der Waals surface area contributed by atoms with Gasteiger partial charge in [0, 0.05) is 29.1 Å². The first-order valence-corrected chi connectivity index (χ1v) is 8.34. The maximum Gasteiger partial charge on any atom is 0.417 e. The van der Waals surface area contributed by atoms with E-state index in [4.69, 9.17) is 0 Å². The minimum atomic E-state index is -4.39. The van der Waals surface area contributed by atoms with Gasteiger partial charge in [-0.3, -0.25) is 9.20 Å². The van der Waals surface area contributed by atoms with Crippen molar-refractivity contribution in [3.8, 4) is 0 Å². The Morgan fingerprint density at radius 3 is 2.78 bits per heavy atom. The standard InChI is InChI=1S/C14H10F3N3OS2/c1-8-6-23-13-19-10(4-12(21)20(8)13)7-22-11-3-2-9(5-18-11)14(15,16)17/h2-6H,7H2,1H3. The van der Waals surface area contributed by atoms with E-state index in [1.165, 1.54) is 39.6 Å². The Morgan fingerprint density at radius 2 is 2.13 bits per heavy atom. The molecule has 3 aromatic heterocycles. The third-order valence-electron chi connectivity index (χ3n) is 3.06. The van der Waals surface area contributed by atoms with Crippen molar-refractivity contribution in [3.63, 3.8) is 0 Å². The van der Waals surface area contributed by atoms with Crippen LogP contribution in [-0.2, 0) is 11.9 Å². The summed E-state index contributed by atoms with van der Waals surface area (Å²) >= 11 is 2.60. The average Bonchev–Trinajstić information content (AvgIpc) is 2.86. The first-order valence-electron chi connectivity index (χ1n) is 6.47. The van der Waals surface area contributed by atoms with Crippen molar-refractivity contribution in [2.75, 3.05) is 0 Å². The van der Waals surface area contributed by atoms with Crippen LogP contribution in [0.4, 0.5) is 13.2 Å². The van der Waals surface area contributed by atoms with Gasteiger partial charge in [0.25, 0.3) is 5.56 Å². The zero-order valence-corrected chi connectivity index (χ0v) is 13.4. The van der Waals surface area contributed by atoms with E-state index >= 15 is 0 Å². The van der Waals surface area contributed by atoms with Crippen molar-refractivity contribution in [1.82, 2.24) is 14.4 Å². The summed E-state index contributed by atoms with van der Waals surface area (Å²) in [6, 6.07) is 3.74.